The Balaban J connectivity index is 2.11. The first-order valence-corrected chi connectivity index (χ1v) is 6.68. The second kappa shape index (κ2) is 6.87. The smallest absolute Gasteiger partial charge is 0.251 e. The van der Waals surface area contributed by atoms with Crippen LogP contribution in [0.3, 0.4) is 0 Å². The molecule has 0 heterocycles. The predicted octanol–water partition coefficient (Wildman–Crippen LogP) is 3.23. The zero-order valence-corrected chi connectivity index (χ0v) is 12.1. The van der Waals surface area contributed by atoms with E-state index in [1.54, 1.807) is 30.3 Å². The van der Waals surface area contributed by atoms with Gasteiger partial charge < -0.3 is 11.1 Å². The van der Waals surface area contributed by atoms with Crippen LogP contribution in [0.1, 0.15) is 15.9 Å². The summed E-state index contributed by atoms with van der Waals surface area (Å²) in [7, 11) is 0. The number of nitrogens with two attached hydrogens (primary N) is 1. The highest BCUT2D eigenvalue weighted by Gasteiger charge is 2.09. The van der Waals surface area contributed by atoms with Crippen molar-refractivity contribution in [2.45, 2.75) is 0 Å². The van der Waals surface area contributed by atoms with E-state index in [-0.39, 0.29) is 11.3 Å². The molecule has 0 atom stereocenters. The number of hydrogen-bond acceptors (Lipinski definition) is 2. The van der Waals surface area contributed by atoms with E-state index >= 15 is 0 Å². The summed E-state index contributed by atoms with van der Waals surface area (Å²) in [6.45, 7) is 0. The number of hydrogen-bond donors (Lipinski definition) is 2. The molecule has 0 unspecified atom stereocenters. The Morgan fingerprint density at radius 2 is 1.91 bits per heavy atom. The summed E-state index contributed by atoms with van der Waals surface area (Å²) < 4.78 is 13.3. The number of rotatable bonds is 4. The monoisotopic (exact) mass is 318 g/mol. The molecule has 0 bridgehead atoms. The van der Waals surface area contributed by atoms with E-state index in [1.807, 2.05) is 0 Å². The van der Waals surface area contributed by atoms with Crippen LogP contribution in [-0.2, 0) is 4.79 Å². The second-order valence-corrected chi connectivity index (χ2v) is 4.81. The van der Waals surface area contributed by atoms with Crippen molar-refractivity contribution in [3.63, 3.8) is 0 Å². The van der Waals surface area contributed by atoms with Gasteiger partial charge in [-0.1, -0.05) is 29.8 Å². The number of halogens is 2. The van der Waals surface area contributed by atoms with Crippen LogP contribution in [0.15, 0.2) is 48.5 Å². The summed E-state index contributed by atoms with van der Waals surface area (Å²) in [4.78, 5) is 22.9. The SMILES string of the molecule is NC(=O)c1cc(NC(=O)/C=C/c2ccccc2Cl)ccc1F. The molecule has 0 aliphatic heterocycles. The van der Waals surface area contributed by atoms with Crippen LogP contribution in [-0.4, -0.2) is 11.8 Å². The Hall–Kier alpha value is -2.66. The maximum atomic E-state index is 13.3. The van der Waals surface area contributed by atoms with Crippen LogP contribution >= 0.6 is 11.6 Å². The van der Waals surface area contributed by atoms with Gasteiger partial charge in [-0.3, -0.25) is 9.59 Å². The van der Waals surface area contributed by atoms with Gasteiger partial charge in [0.15, 0.2) is 0 Å². The molecule has 3 N–H and O–H groups in total. The van der Waals surface area contributed by atoms with Crippen LogP contribution in [0, 0.1) is 5.82 Å². The molecule has 0 aromatic heterocycles. The molecule has 0 saturated carbocycles. The predicted molar refractivity (Wildman–Crippen MR) is 84.0 cm³/mol. The van der Waals surface area contributed by atoms with Crippen LogP contribution < -0.4 is 11.1 Å². The van der Waals surface area contributed by atoms with Crippen LogP contribution in [0.5, 0.6) is 0 Å². The lowest BCUT2D eigenvalue weighted by Crippen LogP contribution is -2.14. The van der Waals surface area contributed by atoms with Gasteiger partial charge in [-0.2, -0.15) is 0 Å². The molecule has 2 aromatic carbocycles. The number of carbonyl (C=O) groups excluding carboxylic acids is 2. The van der Waals surface area contributed by atoms with Gasteiger partial charge >= 0.3 is 0 Å². The highest BCUT2D eigenvalue weighted by molar-refractivity contribution is 6.32. The zero-order chi connectivity index (χ0) is 16.1. The summed E-state index contributed by atoms with van der Waals surface area (Å²) >= 11 is 5.96. The van der Waals surface area contributed by atoms with Crippen molar-refractivity contribution in [1.82, 2.24) is 0 Å². The Kier molecular flexibility index (Phi) is 4.91. The third-order valence-electron chi connectivity index (χ3n) is 2.82. The Morgan fingerprint density at radius 1 is 1.18 bits per heavy atom. The molecule has 22 heavy (non-hydrogen) atoms. The van der Waals surface area contributed by atoms with E-state index in [0.717, 1.165) is 6.07 Å². The lowest BCUT2D eigenvalue weighted by molar-refractivity contribution is -0.111. The fraction of sp³-hybridized carbons (Fsp3) is 0. The average molecular weight is 319 g/mol. The molecule has 0 radical (unpaired) electrons. The van der Waals surface area contributed by atoms with E-state index < -0.39 is 17.6 Å². The maximum absolute atomic E-state index is 13.3. The fourth-order valence-corrected chi connectivity index (χ4v) is 1.95. The number of benzene rings is 2. The molecule has 0 spiro atoms. The lowest BCUT2D eigenvalue weighted by atomic mass is 10.1. The quantitative estimate of drug-likeness (QED) is 0.849. The highest BCUT2D eigenvalue weighted by Crippen LogP contribution is 2.17. The molecular weight excluding hydrogens is 307 g/mol. The van der Waals surface area contributed by atoms with E-state index in [1.165, 1.54) is 18.2 Å². The number of primary amides is 1. The normalized spacial score (nSPS) is 10.6. The standard InChI is InChI=1S/C16H12ClFN2O2/c17-13-4-2-1-3-10(13)5-8-15(21)20-11-6-7-14(18)12(9-11)16(19)22/h1-9H,(H2,19,22)(H,20,21)/b8-5+. The van der Waals surface area contributed by atoms with Crippen molar-refractivity contribution in [3.8, 4) is 0 Å². The minimum Gasteiger partial charge on any atom is -0.366 e. The molecule has 0 aliphatic carbocycles. The van der Waals surface area contributed by atoms with Crippen molar-refractivity contribution < 1.29 is 14.0 Å². The molecule has 6 heteroatoms. The zero-order valence-electron chi connectivity index (χ0n) is 11.3. The van der Waals surface area contributed by atoms with Gasteiger partial charge in [-0.25, -0.2) is 4.39 Å². The number of anilines is 1. The third-order valence-corrected chi connectivity index (χ3v) is 3.16. The maximum Gasteiger partial charge on any atom is 0.251 e. The minimum absolute atomic E-state index is 0.268. The molecule has 0 fully saturated rings. The number of nitrogens with one attached hydrogen (secondary N) is 1. The van der Waals surface area contributed by atoms with Gasteiger partial charge in [0.05, 0.1) is 5.56 Å². The molecular formula is C16H12ClFN2O2. The van der Waals surface area contributed by atoms with Crippen molar-refractivity contribution >= 4 is 35.2 Å². The first-order chi connectivity index (χ1) is 10.5. The van der Waals surface area contributed by atoms with Crippen molar-refractivity contribution in [3.05, 3.63) is 70.5 Å². The summed E-state index contributed by atoms with van der Waals surface area (Å²) in [5, 5.41) is 3.03. The van der Waals surface area contributed by atoms with Crippen LogP contribution in [0.25, 0.3) is 6.08 Å². The van der Waals surface area contributed by atoms with Crippen LogP contribution in [0.2, 0.25) is 5.02 Å². The third kappa shape index (κ3) is 3.93. The summed E-state index contributed by atoms with van der Waals surface area (Å²) in [5.74, 6) is -2.08. The Bertz CT molecular complexity index is 760. The van der Waals surface area contributed by atoms with Crippen molar-refractivity contribution in [2.75, 3.05) is 5.32 Å². The number of carbonyl (C=O) groups is 2. The topological polar surface area (TPSA) is 72.2 Å². The largest absolute Gasteiger partial charge is 0.366 e. The van der Waals surface area contributed by atoms with E-state index in [9.17, 15) is 14.0 Å². The molecule has 112 valence electrons. The first-order valence-electron chi connectivity index (χ1n) is 6.30. The van der Waals surface area contributed by atoms with Crippen LogP contribution in [0.4, 0.5) is 10.1 Å². The highest BCUT2D eigenvalue weighted by atomic mass is 35.5. The molecule has 0 aliphatic rings. The summed E-state index contributed by atoms with van der Waals surface area (Å²) in [6.07, 6.45) is 2.84. The van der Waals surface area contributed by atoms with Crippen molar-refractivity contribution in [2.24, 2.45) is 5.73 Å². The van der Waals surface area contributed by atoms with Gasteiger partial charge in [0.2, 0.25) is 5.91 Å². The van der Waals surface area contributed by atoms with E-state index in [2.05, 4.69) is 5.32 Å². The van der Waals surface area contributed by atoms with Gasteiger partial charge in [-0.15, -0.1) is 0 Å². The summed E-state index contributed by atoms with van der Waals surface area (Å²) in [6, 6.07) is 10.6. The molecule has 2 rings (SSSR count). The second-order valence-electron chi connectivity index (χ2n) is 4.40. The lowest BCUT2D eigenvalue weighted by Gasteiger charge is -2.05. The van der Waals surface area contributed by atoms with Crippen molar-refractivity contribution in [1.29, 1.82) is 0 Å². The molecule has 2 aromatic rings. The molecule has 4 nitrogen and oxygen atoms in total. The number of amides is 2. The minimum atomic E-state index is -0.903. The van der Waals surface area contributed by atoms with Gasteiger partial charge in [0.25, 0.3) is 5.91 Å². The Morgan fingerprint density at radius 3 is 2.59 bits per heavy atom. The fourth-order valence-electron chi connectivity index (χ4n) is 1.75. The molecule has 0 saturated heterocycles. The average Bonchev–Trinajstić information content (AvgIpc) is 2.48. The summed E-state index contributed by atoms with van der Waals surface area (Å²) in [5.41, 5.74) is 5.72. The van der Waals surface area contributed by atoms with E-state index in [4.69, 9.17) is 17.3 Å². The van der Waals surface area contributed by atoms with Gasteiger partial charge in [0, 0.05) is 16.8 Å². The van der Waals surface area contributed by atoms with Gasteiger partial charge in [-0.05, 0) is 35.9 Å². The first kappa shape index (κ1) is 15.7. The van der Waals surface area contributed by atoms with Gasteiger partial charge in [0.1, 0.15) is 5.82 Å². The Labute approximate surface area is 131 Å². The molecule has 2 amide bonds. The van der Waals surface area contributed by atoms with E-state index in [0.29, 0.717) is 10.6 Å².